The summed E-state index contributed by atoms with van der Waals surface area (Å²) in [5.41, 5.74) is 0.0496. The zero-order valence-corrected chi connectivity index (χ0v) is 13.6. The van der Waals surface area contributed by atoms with Gasteiger partial charge in [-0.05, 0) is 44.2 Å². The molecule has 1 atom stereocenters. The summed E-state index contributed by atoms with van der Waals surface area (Å²) in [5, 5.41) is 6.92. The second-order valence-electron chi connectivity index (χ2n) is 5.91. The van der Waals surface area contributed by atoms with E-state index in [4.69, 9.17) is 4.74 Å². The van der Waals surface area contributed by atoms with Crippen molar-refractivity contribution in [2.75, 3.05) is 23.8 Å². The Hall–Kier alpha value is -1.29. The summed E-state index contributed by atoms with van der Waals surface area (Å²) in [5.74, 6) is 1.91. The lowest BCUT2D eigenvalue weighted by Crippen LogP contribution is -2.43. The predicted octanol–water partition coefficient (Wildman–Crippen LogP) is 4.05. The molecule has 1 aromatic rings. The monoisotopic (exact) mass is 291 g/mol. The Morgan fingerprint density at radius 3 is 2.71 bits per heavy atom. The fourth-order valence-electron chi connectivity index (χ4n) is 2.97. The van der Waals surface area contributed by atoms with Crippen LogP contribution < -0.4 is 10.6 Å². The molecule has 2 heterocycles. The van der Waals surface area contributed by atoms with Crippen molar-refractivity contribution < 1.29 is 4.74 Å². The molecule has 1 aliphatic rings. The van der Waals surface area contributed by atoms with Crippen LogP contribution in [0.15, 0.2) is 18.2 Å². The Bertz CT molecular complexity index is 432. The zero-order chi connectivity index (χ0) is 15.1. The van der Waals surface area contributed by atoms with Crippen LogP contribution in [0.25, 0.3) is 0 Å². The van der Waals surface area contributed by atoms with E-state index in [9.17, 15) is 0 Å². The number of nitrogens with zero attached hydrogens (tertiary/aromatic N) is 1. The van der Waals surface area contributed by atoms with Gasteiger partial charge in [0.05, 0.1) is 5.60 Å². The topological polar surface area (TPSA) is 46.2 Å². The molecule has 1 aliphatic heterocycles. The van der Waals surface area contributed by atoms with Gasteiger partial charge in [0.25, 0.3) is 0 Å². The first-order valence-corrected chi connectivity index (χ1v) is 8.32. The van der Waals surface area contributed by atoms with Gasteiger partial charge < -0.3 is 15.4 Å². The van der Waals surface area contributed by atoms with E-state index in [2.05, 4.69) is 42.5 Å². The van der Waals surface area contributed by atoms with E-state index in [1.165, 1.54) is 0 Å². The number of ether oxygens (including phenoxy) is 1. The number of rotatable bonds is 7. The van der Waals surface area contributed by atoms with Gasteiger partial charge in [-0.2, -0.15) is 0 Å². The fraction of sp³-hybridized carbons (Fsp3) is 0.706. The third-order valence-electron chi connectivity index (χ3n) is 4.44. The predicted molar refractivity (Wildman–Crippen MR) is 88.9 cm³/mol. The molecule has 4 nitrogen and oxygen atoms in total. The normalized spacial score (nSPS) is 21.0. The molecule has 0 radical (unpaired) electrons. The van der Waals surface area contributed by atoms with Crippen molar-refractivity contribution in [3.63, 3.8) is 0 Å². The molecular formula is C17H29N3O. The minimum absolute atomic E-state index is 0.0496. The molecule has 1 fully saturated rings. The largest absolute Gasteiger partial charge is 0.375 e. The Morgan fingerprint density at radius 2 is 2.00 bits per heavy atom. The summed E-state index contributed by atoms with van der Waals surface area (Å²) in [6, 6.07) is 6.58. The molecule has 0 aromatic carbocycles. The summed E-state index contributed by atoms with van der Waals surface area (Å²) in [6.45, 7) is 8.40. The van der Waals surface area contributed by atoms with Gasteiger partial charge in [-0.3, -0.25) is 0 Å². The maximum atomic E-state index is 6.04. The van der Waals surface area contributed by atoms with Crippen LogP contribution in [0.4, 0.5) is 11.6 Å². The SMILES string of the molecule is CCCNc1cccc(NC2CCOC(CC)(CC)C2)n1. The van der Waals surface area contributed by atoms with E-state index < -0.39 is 0 Å². The average molecular weight is 291 g/mol. The summed E-state index contributed by atoms with van der Waals surface area (Å²) in [6.07, 6.45) is 5.37. The molecule has 118 valence electrons. The lowest BCUT2D eigenvalue weighted by molar-refractivity contribution is -0.0864. The summed E-state index contributed by atoms with van der Waals surface area (Å²) in [4.78, 5) is 4.64. The standard InChI is InChI=1S/C17H29N3O/c1-4-11-18-15-8-7-9-16(20-15)19-14-10-12-21-17(5-2,6-3)13-14/h7-9,14H,4-6,10-13H2,1-3H3,(H2,18,19,20). The van der Waals surface area contributed by atoms with Gasteiger partial charge >= 0.3 is 0 Å². The van der Waals surface area contributed by atoms with Gasteiger partial charge in [-0.15, -0.1) is 0 Å². The van der Waals surface area contributed by atoms with Crippen molar-refractivity contribution in [2.24, 2.45) is 0 Å². The highest BCUT2D eigenvalue weighted by molar-refractivity contribution is 5.45. The highest BCUT2D eigenvalue weighted by atomic mass is 16.5. The molecule has 4 heteroatoms. The van der Waals surface area contributed by atoms with Crippen molar-refractivity contribution in [2.45, 2.75) is 64.5 Å². The Balaban J connectivity index is 1.97. The Morgan fingerprint density at radius 1 is 1.24 bits per heavy atom. The van der Waals surface area contributed by atoms with Crippen LogP contribution in [-0.2, 0) is 4.74 Å². The molecule has 21 heavy (non-hydrogen) atoms. The van der Waals surface area contributed by atoms with E-state index in [1.807, 2.05) is 12.1 Å². The second-order valence-corrected chi connectivity index (χ2v) is 5.91. The molecule has 1 unspecified atom stereocenters. The van der Waals surface area contributed by atoms with Crippen LogP contribution in [-0.4, -0.2) is 29.8 Å². The Kier molecular flexibility index (Phi) is 5.85. The average Bonchev–Trinajstić information content (AvgIpc) is 2.53. The number of anilines is 2. The molecule has 2 rings (SSSR count). The van der Waals surface area contributed by atoms with Gasteiger partial charge in [-0.1, -0.05) is 26.8 Å². The number of hydrogen-bond donors (Lipinski definition) is 2. The fourth-order valence-corrected chi connectivity index (χ4v) is 2.97. The molecule has 0 aliphatic carbocycles. The lowest BCUT2D eigenvalue weighted by Gasteiger charge is -2.40. The quantitative estimate of drug-likeness (QED) is 0.795. The third kappa shape index (κ3) is 4.34. The van der Waals surface area contributed by atoms with Crippen molar-refractivity contribution in [3.05, 3.63) is 18.2 Å². The number of aromatic nitrogens is 1. The molecule has 0 bridgehead atoms. The van der Waals surface area contributed by atoms with Gasteiger partial charge in [0.1, 0.15) is 11.6 Å². The molecule has 1 aromatic heterocycles. The van der Waals surface area contributed by atoms with Crippen molar-refractivity contribution in [1.82, 2.24) is 4.98 Å². The van der Waals surface area contributed by atoms with Crippen LogP contribution in [0.5, 0.6) is 0 Å². The van der Waals surface area contributed by atoms with E-state index in [0.717, 1.165) is 56.9 Å². The van der Waals surface area contributed by atoms with Gasteiger partial charge in [-0.25, -0.2) is 4.98 Å². The zero-order valence-electron chi connectivity index (χ0n) is 13.6. The van der Waals surface area contributed by atoms with E-state index in [-0.39, 0.29) is 5.60 Å². The summed E-state index contributed by atoms with van der Waals surface area (Å²) >= 11 is 0. The molecule has 0 spiro atoms. The van der Waals surface area contributed by atoms with Crippen LogP contribution in [0.1, 0.15) is 52.9 Å². The Labute approximate surface area is 128 Å². The van der Waals surface area contributed by atoms with Crippen LogP contribution in [0, 0.1) is 0 Å². The van der Waals surface area contributed by atoms with Crippen molar-refractivity contribution in [3.8, 4) is 0 Å². The highest BCUT2D eigenvalue weighted by Crippen LogP contribution is 2.32. The first-order chi connectivity index (χ1) is 10.2. The van der Waals surface area contributed by atoms with Gasteiger partial charge in [0.2, 0.25) is 0 Å². The highest BCUT2D eigenvalue weighted by Gasteiger charge is 2.34. The van der Waals surface area contributed by atoms with E-state index in [0.29, 0.717) is 6.04 Å². The van der Waals surface area contributed by atoms with Gasteiger partial charge in [0.15, 0.2) is 0 Å². The molecular weight excluding hydrogens is 262 g/mol. The molecule has 2 N–H and O–H groups in total. The smallest absolute Gasteiger partial charge is 0.128 e. The molecule has 1 saturated heterocycles. The summed E-state index contributed by atoms with van der Waals surface area (Å²) < 4.78 is 6.04. The van der Waals surface area contributed by atoms with Crippen LogP contribution in [0.2, 0.25) is 0 Å². The molecule has 0 amide bonds. The van der Waals surface area contributed by atoms with Gasteiger partial charge in [0, 0.05) is 19.2 Å². The third-order valence-corrected chi connectivity index (χ3v) is 4.44. The minimum Gasteiger partial charge on any atom is -0.375 e. The number of hydrogen-bond acceptors (Lipinski definition) is 4. The van der Waals surface area contributed by atoms with Crippen molar-refractivity contribution >= 4 is 11.6 Å². The van der Waals surface area contributed by atoms with Crippen LogP contribution >= 0.6 is 0 Å². The number of nitrogens with one attached hydrogen (secondary N) is 2. The first kappa shape index (κ1) is 16.1. The lowest BCUT2D eigenvalue weighted by atomic mass is 9.86. The van der Waals surface area contributed by atoms with Crippen LogP contribution in [0.3, 0.4) is 0 Å². The second kappa shape index (κ2) is 7.64. The van der Waals surface area contributed by atoms with E-state index >= 15 is 0 Å². The maximum Gasteiger partial charge on any atom is 0.128 e. The summed E-state index contributed by atoms with van der Waals surface area (Å²) in [7, 11) is 0. The maximum absolute atomic E-state index is 6.04. The van der Waals surface area contributed by atoms with E-state index in [1.54, 1.807) is 0 Å². The molecule has 0 saturated carbocycles. The minimum atomic E-state index is 0.0496. The first-order valence-electron chi connectivity index (χ1n) is 8.32. The number of pyridine rings is 1. The van der Waals surface area contributed by atoms with Crippen molar-refractivity contribution in [1.29, 1.82) is 0 Å².